The van der Waals surface area contributed by atoms with Crippen LogP contribution < -0.4 is 10.1 Å². The van der Waals surface area contributed by atoms with E-state index in [4.69, 9.17) is 44.6 Å². The zero-order valence-electron chi connectivity index (χ0n) is 15.8. The summed E-state index contributed by atoms with van der Waals surface area (Å²) in [6.45, 7) is 0.228. The maximum absolute atomic E-state index is 14.1. The Morgan fingerprint density at radius 1 is 1.00 bits per heavy atom. The van der Waals surface area contributed by atoms with Crippen LogP contribution in [0.15, 0.2) is 54.6 Å². The molecule has 3 aromatic rings. The van der Waals surface area contributed by atoms with Crippen molar-refractivity contribution in [3.8, 4) is 5.75 Å². The average Bonchev–Trinajstić information content (AvgIpc) is 2.70. The van der Waals surface area contributed by atoms with Gasteiger partial charge in [0, 0.05) is 10.6 Å². The third kappa shape index (κ3) is 6.10. The molecule has 5 nitrogen and oxygen atoms in total. The predicted octanol–water partition coefficient (Wildman–Crippen LogP) is 6.24. The number of carbonyl (C=O) groups is 2. The van der Waals surface area contributed by atoms with E-state index < -0.39 is 24.1 Å². The molecule has 9 heteroatoms. The van der Waals surface area contributed by atoms with E-state index >= 15 is 0 Å². The van der Waals surface area contributed by atoms with E-state index in [9.17, 15) is 14.0 Å². The lowest BCUT2D eigenvalue weighted by Crippen LogP contribution is -2.14. The van der Waals surface area contributed by atoms with Crippen LogP contribution in [0.2, 0.25) is 15.1 Å². The Morgan fingerprint density at radius 2 is 1.77 bits per heavy atom. The number of hydrogen-bond donors (Lipinski definition) is 2. The number of hydrogen-bond acceptors (Lipinski definition) is 3. The molecule has 0 aliphatic carbocycles. The van der Waals surface area contributed by atoms with Crippen LogP contribution in [-0.2, 0) is 17.8 Å². The van der Waals surface area contributed by atoms with E-state index in [0.717, 1.165) is 17.7 Å². The van der Waals surface area contributed by atoms with Crippen LogP contribution in [-0.4, -0.2) is 17.0 Å². The third-order valence-electron chi connectivity index (χ3n) is 4.20. The number of ether oxygens (including phenoxy) is 1. The molecule has 1 amide bonds. The normalized spacial score (nSPS) is 10.6. The van der Waals surface area contributed by atoms with Gasteiger partial charge in [0.05, 0.1) is 27.7 Å². The molecule has 3 aromatic carbocycles. The van der Waals surface area contributed by atoms with E-state index in [1.54, 1.807) is 24.3 Å². The van der Waals surface area contributed by atoms with Crippen LogP contribution in [0.3, 0.4) is 0 Å². The van der Waals surface area contributed by atoms with E-state index in [1.165, 1.54) is 12.1 Å². The molecule has 0 aliphatic rings. The maximum atomic E-state index is 14.1. The fourth-order valence-electron chi connectivity index (χ4n) is 2.73. The topological polar surface area (TPSA) is 75.6 Å². The number of nitrogens with one attached hydrogen (secondary N) is 1. The molecule has 0 aliphatic heterocycles. The highest BCUT2D eigenvalue weighted by Gasteiger charge is 2.17. The van der Waals surface area contributed by atoms with Gasteiger partial charge in [0.15, 0.2) is 0 Å². The van der Waals surface area contributed by atoms with Gasteiger partial charge in [-0.05, 0) is 48.0 Å². The molecule has 0 unspecified atom stereocenters. The summed E-state index contributed by atoms with van der Waals surface area (Å²) < 4.78 is 19.8. The van der Waals surface area contributed by atoms with Crippen molar-refractivity contribution in [1.82, 2.24) is 0 Å². The number of amides is 1. The molecular weight excluding hydrogens is 468 g/mol. The highest BCUT2D eigenvalue weighted by atomic mass is 35.5. The minimum atomic E-state index is -1.20. The Morgan fingerprint density at radius 3 is 2.48 bits per heavy atom. The largest absolute Gasteiger partial charge is 0.489 e. The summed E-state index contributed by atoms with van der Waals surface area (Å²) in [5, 5.41) is 12.0. The van der Waals surface area contributed by atoms with Gasteiger partial charge in [-0.25, -0.2) is 4.39 Å². The summed E-state index contributed by atoms with van der Waals surface area (Å²) in [4.78, 5) is 23.5. The molecule has 160 valence electrons. The summed E-state index contributed by atoms with van der Waals surface area (Å²) in [6.07, 6.45) is -0.530. The lowest BCUT2D eigenvalue weighted by molar-refractivity contribution is -0.136. The zero-order valence-corrected chi connectivity index (χ0v) is 18.1. The van der Waals surface area contributed by atoms with E-state index in [-0.39, 0.29) is 33.5 Å². The first-order valence-corrected chi connectivity index (χ1v) is 10.0. The van der Waals surface area contributed by atoms with Gasteiger partial charge in [0.2, 0.25) is 0 Å². The number of carboxylic acids is 1. The zero-order chi connectivity index (χ0) is 22.5. The smallest absolute Gasteiger partial charge is 0.307 e. The fourth-order valence-corrected chi connectivity index (χ4v) is 3.38. The van der Waals surface area contributed by atoms with Crippen LogP contribution in [0, 0.1) is 5.82 Å². The minimum absolute atomic E-state index is 0.00418. The van der Waals surface area contributed by atoms with E-state index in [1.807, 2.05) is 6.07 Å². The second-order valence-electron chi connectivity index (χ2n) is 6.51. The summed E-state index contributed by atoms with van der Waals surface area (Å²) >= 11 is 18.2. The summed E-state index contributed by atoms with van der Waals surface area (Å²) in [5.74, 6) is -2.24. The Labute approximate surface area is 192 Å². The molecule has 0 atom stereocenters. The lowest BCUT2D eigenvalue weighted by atomic mass is 10.1. The number of aliphatic carboxylic acids is 1. The summed E-state index contributed by atoms with van der Waals surface area (Å²) in [5.41, 5.74) is 0.832. The number of benzene rings is 3. The first-order valence-electron chi connectivity index (χ1n) is 8.91. The Bertz CT molecular complexity index is 1150. The average molecular weight is 483 g/mol. The summed E-state index contributed by atoms with van der Waals surface area (Å²) in [7, 11) is 0. The number of carboxylic acid groups (broad SMARTS) is 1. The monoisotopic (exact) mass is 481 g/mol. The number of halogens is 4. The molecule has 0 bridgehead atoms. The molecule has 31 heavy (non-hydrogen) atoms. The van der Waals surface area contributed by atoms with Crippen molar-refractivity contribution in [3.63, 3.8) is 0 Å². The Kier molecular flexibility index (Phi) is 7.38. The molecule has 0 spiro atoms. The molecule has 0 radical (unpaired) electrons. The van der Waals surface area contributed by atoms with E-state index in [2.05, 4.69) is 5.32 Å². The van der Waals surface area contributed by atoms with Gasteiger partial charge in [-0.2, -0.15) is 0 Å². The van der Waals surface area contributed by atoms with E-state index in [0.29, 0.717) is 10.8 Å². The number of carbonyl (C=O) groups excluding carboxylic acids is 1. The molecule has 0 fully saturated rings. The molecule has 0 saturated heterocycles. The van der Waals surface area contributed by atoms with Crippen LogP contribution >= 0.6 is 34.8 Å². The Hall–Kier alpha value is -2.80. The van der Waals surface area contributed by atoms with Crippen molar-refractivity contribution in [2.45, 2.75) is 13.0 Å². The van der Waals surface area contributed by atoms with Crippen molar-refractivity contribution >= 4 is 52.4 Å². The van der Waals surface area contributed by atoms with Gasteiger partial charge < -0.3 is 15.2 Å². The van der Waals surface area contributed by atoms with Gasteiger partial charge in [-0.1, -0.05) is 46.9 Å². The number of rotatable bonds is 7. The molecule has 0 saturated carbocycles. The molecule has 0 aromatic heterocycles. The molecule has 2 N–H and O–H groups in total. The molecule has 0 heterocycles. The van der Waals surface area contributed by atoms with Gasteiger partial charge in [0.25, 0.3) is 5.91 Å². The lowest BCUT2D eigenvalue weighted by Gasteiger charge is -2.12. The highest BCUT2D eigenvalue weighted by Crippen LogP contribution is 2.29. The van der Waals surface area contributed by atoms with Crippen LogP contribution in [0.25, 0.3) is 0 Å². The Balaban J connectivity index is 1.76. The van der Waals surface area contributed by atoms with Crippen molar-refractivity contribution in [2.24, 2.45) is 0 Å². The number of anilines is 1. The standard InChI is InChI=1S/C22H15Cl3FNO4/c23-14-3-1-2-12(6-14)11-31-15-4-5-17(24)16(9-15)22(30)27-20-10-19(26)13(7-18(20)25)8-21(28)29/h1-7,9-10H,8,11H2,(H,27,30)(H,28,29). The van der Waals surface area contributed by atoms with Gasteiger partial charge in [-0.15, -0.1) is 0 Å². The van der Waals surface area contributed by atoms with Crippen molar-refractivity contribution < 1.29 is 23.8 Å². The molecular formula is C22H15Cl3FNO4. The maximum Gasteiger partial charge on any atom is 0.307 e. The van der Waals surface area contributed by atoms with Crippen LogP contribution in [0.4, 0.5) is 10.1 Å². The van der Waals surface area contributed by atoms with Crippen molar-refractivity contribution in [1.29, 1.82) is 0 Å². The summed E-state index contributed by atoms with van der Waals surface area (Å²) in [6, 6.07) is 13.8. The first kappa shape index (κ1) is 22.9. The molecule has 3 rings (SSSR count). The minimum Gasteiger partial charge on any atom is -0.489 e. The van der Waals surface area contributed by atoms with Gasteiger partial charge >= 0.3 is 5.97 Å². The second-order valence-corrected chi connectivity index (χ2v) is 7.76. The second kappa shape index (κ2) is 10.0. The van der Waals surface area contributed by atoms with Crippen LogP contribution in [0.5, 0.6) is 5.75 Å². The van der Waals surface area contributed by atoms with Crippen molar-refractivity contribution in [2.75, 3.05) is 5.32 Å². The fraction of sp³-hybridized carbons (Fsp3) is 0.0909. The van der Waals surface area contributed by atoms with Crippen molar-refractivity contribution in [3.05, 3.63) is 92.2 Å². The predicted molar refractivity (Wildman–Crippen MR) is 118 cm³/mol. The van der Waals surface area contributed by atoms with Gasteiger partial charge in [0.1, 0.15) is 18.2 Å². The third-order valence-corrected chi connectivity index (χ3v) is 5.08. The highest BCUT2D eigenvalue weighted by molar-refractivity contribution is 6.36. The quantitative estimate of drug-likeness (QED) is 0.418. The SMILES string of the molecule is O=C(O)Cc1cc(Cl)c(NC(=O)c2cc(OCc3cccc(Cl)c3)ccc2Cl)cc1F. The first-order chi connectivity index (χ1) is 14.7. The van der Waals surface area contributed by atoms with Gasteiger partial charge in [-0.3, -0.25) is 9.59 Å². The van der Waals surface area contributed by atoms with Crippen LogP contribution in [0.1, 0.15) is 21.5 Å².